The van der Waals surface area contributed by atoms with Crippen molar-refractivity contribution in [1.82, 2.24) is 10.3 Å². The van der Waals surface area contributed by atoms with Crippen molar-refractivity contribution in [2.24, 2.45) is 4.99 Å². The summed E-state index contributed by atoms with van der Waals surface area (Å²) in [7, 11) is 1.53. The number of carbonyl (C=O) groups excluding carboxylic acids is 1. The van der Waals surface area contributed by atoms with Gasteiger partial charge in [-0.15, -0.1) is 0 Å². The Balaban J connectivity index is 1.88. The summed E-state index contributed by atoms with van der Waals surface area (Å²) in [6, 6.07) is 13.8. The number of carbonyl (C=O) groups is 1. The molecule has 0 atom stereocenters. The second-order valence-electron chi connectivity index (χ2n) is 6.40. The van der Waals surface area contributed by atoms with Crippen molar-refractivity contribution in [3.63, 3.8) is 0 Å². The minimum Gasteiger partial charge on any atom is -0.495 e. The van der Waals surface area contributed by atoms with Crippen molar-refractivity contribution in [2.75, 3.05) is 12.4 Å². The van der Waals surface area contributed by atoms with Crippen LogP contribution < -0.4 is 15.4 Å². The number of pyridine rings is 1. The van der Waals surface area contributed by atoms with Crippen LogP contribution in [0.25, 0.3) is 0 Å². The van der Waals surface area contributed by atoms with Gasteiger partial charge in [0.15, 0.2) is 11.6 Å². The van der Waals surface area contributed by atoms with Crippen LogP contribution in [0, 0.1) is 18.6 Å². The largest absolute Gasteiger partial charge is 0.495 e. The first kappa shape index (κ1) is 20.9. The predicted molar refractivity (Wildman–Crippen MR) is 111 cm³/mol. The van der Waals surface area contributed by atoms with Crippen molar-refractivity contribution in [3.8, 4) is 5.75 Å². The van der Waals surface area contributed by atoms with E-state index in [1.54, 1.807) is 24.4 Å². The van der Waals surface area contributed by atoms with Gasteiger partial charge in [0.2, 0.25) is 5.96 Å². The van der Waals surface area contributed by atoms with Crippen LogP contribution in [0.1, 0.15) is 21.6 Å². The van der Waals surface area contributed by atoms with Crippen LogP contribution in [0.15, 0.2) is 65.8 Å². The SMILES string of the molecule is COc1ccc(C)cc1NC(=NCc1ccccn1)NC(=O)c1ccc(F)c(F)c1. The molecule has 1 amide bonds. The third-order valence-electron chi connectivity index (χ3n) is 4.15. The number of hydrogen-bond acceptors (Lipinski definition) is 4. The van der Waals surface area contributed by atoms with Gasteiger partial charge in [0, 0.05) is 11.8 Å². The molecule has 2 aromatic carbocycles. The van der Waals surface area contributed by atoms with Crippen molar-refractivity contribution in [1.29, 1.82) is 0 Å². The number of aromatic nitrogens is 1. The van der Waals surface area contributed by atoms with Crippen LogP contribution in [-0.4, -0.2) is 24.0 Å². The molecule has 0 fully saturated rings. The molecule has 3 rings (SSSR count). The molecule has 0 bridgehead atoms. The van der Waals surface area contributed by atoms with Crippen molar-refractivity contribution >= 4 is 17.6 Å². The average Bonchev–Trinajstić information content (AvgIpc) is 2.75. The Morgan fingerprint density at radius 2 is 1.93 bits per heavy atom. The number of nitrogens with one attached hydrogen (secondary N) is 2. The third kappa shape index (κ3) is 5.38. The van der Waals surface area contributed by atoms with Gasteiger partial charge >= 0.3 is 0 Å². The number of hydrogen-bond donors (Lipinski definition) is 2. The minimum atomic E-state index is -1.11. The van der Waals surface area contributed by atoms with Crippen LogP contribution in [-0.2, 0) is 6.54 Å². The zero-order chi connectivity index (χ0) is 21.5. The molecule has 30 heavy (non-hydrogen) atoms. The summed E-state index contributed by atoms with van der Waals surface area (Å²) in [6.07, 6.45) is 1.64. The number of aryl methyl sites for hydroxylation is 1. The van der Waals surface area contributed by atoms with E-state index < -0.39 is 17.5 Å². The van der Waals surface area contributed by atoms with E-state index in [1.165, 1.54) is 13.2 Å². The number of benzene rings is 2. The van der Waals surface area contributed by atoms with Crippen LogP contribution in [0.4, 0.5) is 14.5 Å². The van der Waals surface area contributed by atoms with E-state index in [9.17, 15) is 13.6 Å². The van der Waals surface area contributed by atoms with Crippen LogP contribution in [0.5, 0.6) is 5.75 Å². The third-order valence-corrected chi connectivity index (χ3v) is 4.15. The summed E-state index contributed by atoms with van der Waals surface area (Å²) < 4.78 is 32.0. The Morgan fingerprint density at radius 3 is 2.63 bits per heavy atom. The molecule has 0 unspecified atom stereocenters. The zero-order valence-electron chi connectivity index (χ0n) is 16.4. The van der Waals surface area contributed by atoms with E-state index in [1.807, 2.05) is 25.1 Å². The van der Waals surface area contributed by atoms with Crippen LogP contribution in [0.2, 0.25) is 0 Å². The summed E-state index contributed by atoms with van der Waals surface area (Å²) in [5.74, 6) is -2.12. The van der Waals surface area contributed by atoms with E-state index in [0.29, 0.717) is 17.1 Å². The van der Waals surface area contributed by atoms with Gasteiger partial charge in [-0.05, 0) is 55.0 Å². The molecular weight excluding hydrogens is 390 g/mol. The van der Waals surface area contributed by atoms with Gasteiger partial charge in [0.1, 0.15) is 5.75 Å². The number of ether oxygens (including phenoxy) is 1. The fraction of sp³-hybridized carbons (Fsp3) is 0.136. The lowest BCUT2D eigenvalue weighted by Gasteiger charge is -2.15. The maximum atomic E-state index is 13.5. The van der Waals surface area contributed by atoms with Gasteiger partial charge < -0.3 is 10.1 Å². The average molecular weight is 410 g/mol. The molecule has 1 heterocycles. The molecule has 0 radical (unpaired) electrons. The lowest BCUT2D eigenvalue weighted by atomic mass is 10.2. The highest BCUT2D eigenvalue weighted by molar-refractivity contribution is 6.10. The van der Waals surface area contributed by atoms with Crippen LogP contribution >= 0.6 is 0 Å². The topological polar surface area (TPSA) is 75.6 Å². The van der Waals surface area contributed by atoms with E-state index in [0.717, 1.165) is 17.7 Å². The smallest absolute Gasteiger partial charge is 0.258 e. The number of nitrogens with zero attached hydrogens (tertiary/aromatic N) is 2. The number of aliphatic imine (C=N–C) groups is 1. The summed E-state index contributed by atoms with van der Waals surface area (Å²) in [5, 5.41) is 5.63. The summed E-state index contributed by atoms with van der Waals surface area (Å²) in [5.41, 5.74) is 2.20. The van der Waals surface area contributed by atoms with Gasteiger partial charge in [-0.1, -0.05) is 12.1 Å². The van der Waals surface area contributed by atoms with Gasteiger partial charge in [0.05, 0.1) is 25.0 Å². The molecule has 0 saturated carbocycles. The second-order valence-corrected chi connectivity index (χ2v) is 6.40. The van der Waals surface area contributed by atoms with Gasteiger partial charge in [-0.2, -0.15) is 0 Å². The fourth-order valence-electron chi connectivity index (χ4n) is 2.63. The number of halogens is 2. The molecular formula is C22H20F2N4O2. The van der Waals surface area contributed by atoms with Crippen molar-refractivity contribution in [3.05, 3.63) is 89.2 Å². The van der Waals surface area contributed by atoms with Crippen molar-refractivity contribution < 1.29 is 18.3 Å². The quantitative estimate of drug-likeness (QED) is 0.491. The van der Waals surface area contributed by atoms with Gasteiger partial charge in [0.25, 0.3) is 5.91 Å². The molecule has 2 N–H and O–H groups in total. The van der Waals surface area contributed by atoms with E-state index >= 15 is 0 Å². The van der Waals surface area contributed by atoms with Crippen LogP contribution in [0.3, 0.4) is 0 Å². The van der Waals surface area contributed by atoms with E-state index in [4.69, 9.17) is 4.74 Å². The highest BCUT2D eigenvalue weighted by Gasteiger charge is 2.14. The molecule has 0 aliphatic carbocycles. The van der Waals surface area contributed by atoms with Gasteiger partial charge in [-0.3, -0.25) is 15.1 Å². The number of anilines is 1. The Bertz CT molecular complexity index is 1070. The molecule has 0 aliphatic rings. The number of guanidine groups is 1. The Hall–Kier alpha value is -3.81. The maximum absolute atomic E-state index is 13.5. The zero-order valence-corrected chi connectivity index (χ0v) is 16.4. The van der Waals surface area contributed by atoms with E-state index in [-0.39, 0.29) is 18.1 Å². The molecule has 0 saturated heterocycles. The lowest BCUT2D eigenvalue weighted by molar-refractivity contribution is 0.0976. The van der Waals surface area contributed by atoms with Crippen molar-refractivity contribution in [2.45, 2.75) is 13.5 Å². The second kappa shape index (κ2) is 9.60. The standard InChI is InChI=1S/C22H20F2N4O2/c1-14-6-9-20(30-2)19(11-14)27-22(26-13-16-5-3-4-10-25-16)28-21(29)15-7-8-17(23)18(24)12-15/h3-12H,13H2,1-2H3,(H2,26,27,28,29). The Morgan fingerprint density at radius 1 is 1.10 bits per heavy atom. The van der Waals surface area contributed by atoms with E-state index in [2.05, 4.69) is 20.6 Å². The molecule has 154 valence electrons. The summed E-state index contributed by atoms with van der Waals surface area (Å²) >= 11 is 0. The molecule has 3 aromatic rings. The summed E-state index contributed by atoms with van der Waals surface area (Å²) in [6.45, 7) is 2.10. The number of rotatable bonds is 5. The number of amides is 1. The highest BCUT2D eigenvalue weighted by atomic mass is 19.2. The molecule has 0 spiro atoms. The molecule has 1 aromatic heterocycles. The molecule has 6 nitrogen and oxygen atoms in total. The minimum absolute atomic E-state index is 0.0440. The normalized spacial score (nSPS) is 11.1. The van der Waals surface area contributed by atoms with Gasteiger partial charge in [-0.25, -0.2) is 13.8 Å². The first-order valence-corrected chi connectivity index (χ1v) is 9.08. The lowest BCUT2D eigenvalue weighted by Crippen LogP contribution is -2.36. The summed E-state index contributed by atoms with van der Waals surface area (Å²) in [4.78, 5) is 21.2. The Kier molecular flexibility index (Phi) is 6.69. The molecule has 0 aliphatic heterocycles. The number of methoxy groups -OCH3 is 1. The molecule has 8 heteroatoms. The first-order valence-electron chi connectivity index (χ1n) is 9.08. The highest BCUT2D eigenvalue weighted by Crippen LogP contribution is 2.25. The first-order chi connectivity index (χ1) is 14.5. The Labute approximate surface area is 172 Å². The monoisotopic (exact) mass is 410 g/mol. The maximum Gasteiger partial charge on any atom is 0.258 e. The fourth-order valence-corrected chi connectivity index (χ4v) is 2.63. The predicted octanol–water partition coefficient (Wildman–Crippen LogP) is 4.07.